The minimum Gasteiger partial charge on any atom is -0.398 e. The van der Waals surface area contributed by atoms with Crippen LogP contribution in [0.2, 0.25) is 0 Å². The molecule has 2 aromatic heterocycles. The largest absolute Gasteiger partial charge is 0.398 e. The number of nitrogens with zero attached hydrogens (tertiary/aromatic N) is 3. The highest BCUT2D eigenvalue weighted by molar-refractivity contribution is 5.74. The molecule has 21 heavy (non-hydrogen) atoms. The molecule has 1 atom stereocenters. The maximum absolute atomic E-state index is 5.96. The second-order valence-corrected chi connectivity index (χ2v) is 4.80. The van der Waals surface area contributed by atoms with Crippen molar-refractivity contribution in [3.63, 3.8) is 0 Å². The number of hydrogen-bond acceptors (Lipinski definition) is 6. The summed E-state index contributed by atoms with van der Waals surface area (Å²) in [6.45, 7) is 0. The topological polar surface area (TPSA) is 103 Å². The van der Waals surface area contributed by atoms with Crippen LogP contribution in [-0.4, -0.2) is 15.0 Å². The Kier molecular flexibility index (Phi) is 3.72. The smallest absolute Gasteiger partial charge is 0.0890 e. The van der Waals surface area contributed by atoms with Gasteiger partial charge >= 0.3 is 0 Å². The summed E-state index contributed by atoms with van der Waals surface area (Å²) in [5.41, 5.74) is 13.2. The van der Waals surface area contributed by atoms with Gasteiger partial charge in [0.05, 0.1) is 17.1 Å². The van der Waals surface area contributed by atoms with Crippen molar-refractivity contribution < 1.29 is 0 Å². The third kappa shape index (κ3) is 2.81. The summed E-state index contributed by atoms with van der Waals surface area (Å²) in [6, 6.07) is 7.64. The molecule has 1 aromatic carbocycles. The van der Waals surface area contributed by atoms with E-state index in [0.29, 0.717) is 12.1 Å². The van der Waals surface area contributed by atoms with E-state index in [-0.39, 0.29) is 6.04 Å². The van der Waals surface area contributed by atoms with Gasteiger partial charge in [0.25, 0.3) is 0 Å². The number of aromatic nitrogens is 3. The van der Waals surface area contributed by atoms with Crippen molar-refractivity contribution in [3.8, 4) is 0 Å². The number of anilines is 1. The van der Waals surface area contributed by atoms with E-state index in [1.54, 1.807) is 30.9 Å². The van der Waals surface area contributed by atoms with Crippen molar-refractivity contribution in [1.82, 2.24) is 20.4 Å². The van der Waals surface area contributed by atoms with Crippen molar-refractivity contribution in [2.75, 3.05) is 5.73 Å². The monoisotopic (exact) mass is 280 g/mol. The van der Waals surface area contributed by atoms with Gasteiger partial charge in [-0.3, -0.25) is 26.2 Å². The molecule has 0 saturated carbocycles. The summed E-state index contributed by atoms with van der Waals surface area (Å²) in [6.07, 6.45) is 7.45. The van der Waals surface area contributed by atoms with Crippen LogP contribution in [-0.2, 0) is 6.42 Å². The van der Waals surface area contributed by atoms with Crippen LogP contribution in [0.15, 0.2) is 49.1 Å². The van der Waals surface area contributed by atoms with Crippen LogP contribution in [0.1, 0.15) is 17.2 Å². The van der Waals surface area contributed by atoms with E-state index in [1.807, 2.05) is 18.2 Å². The molecular formula is C15H16N6. The Morgan fingerprint density at radius 3 is 2.62 bits per heavy atom. The first-order chi connectivity index (χ1) is 10.3. The van der Waals surface area contributed by atoms with Gasteiger partial charge in [0.2, 0.25) is 0 Å². The molecule has 3 rings (SSSR count). The second kappa shape index (κ2) is 5.82. The van der Waals surface area contributed by atoms with Gasteiger partial charge < -0.3 is 5.73 Å². The standard InChI is InChI=1S/C15H16N6/c16-12-3-4-18-9-11(12)8-14(21-17)10-1-2-13-15(7-10)20-6-5-19-13/h1-7,9,14,21H,8,17H2,(H2,16,18). The lowest BCUT2D eigenvalue weighted by Gasteiger charge is -2.17. The van der Waals surface area contributed by atoms with Crippen LogP contribution in [0.3, 0.4) is 0 Å². The minimum absolute atomic E-state index is 0.0668. The molecule has 0 spiro atoms. The number of pyridine rings is 1. The molecule has 0 fully saturated rings. The highest BCUT2D eigenvalue weighted by Gasteiger charge is 2.13. The molecule has 106 valence electrons. The fourth-order valence-corrected chi connectivity index (χ4v) is 2.30. The van der Waals surface area contributed by atoms with Crippen LogP contribution >= 0.6 is 0 Å². The van der Waals surface area contributed by atoms with Gasteiger partial charge in [-0.25, -0.2) is 0 Å². The Labute approximate surface area is 122 Å². The fourth-order valence-electron chi connectivity index (χ4n) is 2.30. The van der Waals surface area contributed by atoms with Gasteiger partial charge in [0.1, 0.15) is 0 Å². The summed E-state index contributed by atoms with van der Waals surface area (Å²) in [5, 5.41) is 0. The zero-order valence-electron chi connectivity index (χ0n) is 11.4. The SMILES string of the molecule is NNC(Cc1cnccc1N)c1ccc2nccnc2c1. The van der Waals surface area contributed by atoms with Crippen molar-refractivity contribution in [2.24, 2.45) is 5.84 Å². The number of nitrogens with one attached hydrogen (secondary N) is 1. The number of nitrogen functional groups attached to an aromatic ring is 1. The third-order valence-electron chi connectivity index (χ3n) is 3.46. The third-order valence-corrected chi connectivity index (χ3v) is 3.46. The summed E-state index contributed by atoms with van der Waals surface area (Å²) in [7, 11) is 0. The lowest BCUT2D eigenvalue weighted by atomic mass is 9.99. The van der Waals surface area contributed by atoms with Gasteiger partial charge in [-0.15, -0.1) is 0 Å². The maximum Gasteiger partial charge on any atom is 0.0890 e. The van der Waals surface area contributed by atoms with Gasteiger partial charge in [-0.2, -0.15) is 0 Å². The maximum atomic E-state index is 5.96. The zero-order chi connectivity index (χ0) is 14.7. The van der Waals surface area contributed by atoms with Crippen LogP contribution in [0, 0.1) is 0 Å². The average Bonchev–Trinajstić information content (AvgIpc) is 2.54. The number of benzene rings is 1. The molecule has 0 bridgehead atoms. The first-order valence-electron chi connectivity index (χ1n) is 6.63. The van der Waals surface area contributed by atoms with E-state index in [2.05, 4.69) is 20.4 Å². The first kappa shape index (κ1) is 13.4. The van der Waals surface area contributed by atoms with Crippen molar-refractivity contribution in [3.05, 3.63) is 60.2 Å². The van der Waals surface area contributed by atoms with Crippen LogP contribution in [0.4, 0.5) is 5.69 Å². The predicted molar refractivity (Wildman–Crippen MR) is 82.0 cm³/mol. The Morgan fingerprint density at radius 1 is 1.05 bits per heavy atom. The summed E-state index contributed by atoms with van der Waals surface area (Å²) in [5.74, 6) is 5.70. The molecule has 0 aliphatic rings. The molecule has 5 N–H and O–H groups in total. The molecule has 0 aliphatic heterocycles. The van der Waals surface area contributed by atoms with Crippen molar-refractivity contribution in [1.29, 1.82) is 0 Å². The normalized spacial score (nSPS) is 12.4. The molecule has 3 aromatic rings. The Balaban J connectivity index is 1.93. The minimum atomic E-state index is -0.0668. The number of hydrazine groups is 1. The fraction of sp³-hybridized carbons (Fsp3) is 0.133. The molecule has 0 saturated heterocycles. The van der Waals surface area contributed by atoms with Gasteiger partial charge in [0, 0.05) is 30.5 Å². The Hall–Kier alpha value is -2.57. The van der Waals surface area contributed by atoms with Gasteiger partial charge in [-0.1, -0.05) is 6.07 Å². The first-order valence-corrected chi connectivity index (χ1v) is 6.63. The van der Waals surface area contributed by atoms with E-state index in [4.69, 9.17) is 11.6 Å². The highest BCUT2D eigenvalue weighted by Crippen LogP contribution is 2.22. The highest BCUT2D eigenvalue weighted by atomic mass is 15.2. The van der Waals surface area contributed by atoms with E-state index in [1.165, 1.54) is 0 Å². The quantitative estimate of drug-likeness (QED) is 0.492. The second-order valence-electron chi connectivity index (χ2n) is 4.80. The summed E-state index contributed by atoms with van der Waals surface area (Å²) < 4.78 is 0. The molecule has 0 aliphatic carbocycles. The van der Waals surface area contributed by atoms with E-state index < -0.39 is 0 Å². The van der Waals surface area contributed by atoms with E-state index >= 15 is 0 Å². The lowest BCUT2D eigenvalue weighted by Crippen LogP contribution is -2.29. The summed E-state index contributed by atoms with van der Waals surface area (Å²) in [4.78, 5) is 12.7. The van der Waals surface area contributed by atoms with Crippen LogP contribution in [0.25, 0.3) is 11.0 Å². The molecule has 6 heteroatoms. The number of rotatable bonds is 4. The number of hydrogen-bond donors (Lipinski definition) is 3. The lowest BCUT2D eigenvalue weighted by molar-refractivity contribution is 0.552. The molecule has 0 radical (unpaired) electrons. The van der Waals surface area contributed by atoms with E-state index in [9.17, 15) is 0 Å². The Morgan fingerprint density at radius 2 is 1.86 bits per heavy atom. The molecule has 2 heterocycles. The van der Waals surface area contributed by atoms with Gasteiger partial charge in [-0.05, 0) is 35.7 Å². The van der Waals surface area contributed by atoms with Crippen LogP contribution in [0.5, 0.6) is 0 Å². The van der Waals surface area contributed by atoms with Crippen LogP contribution < -0.4 is 17.0 Å². The molecular weight excluding hydrogens is 264 g/mol. The van der Waals surface area contributed by atoms with E-state index in [0.717, 1.165) is 22.2 Å². The molecule has 0 amide bonds. The van der Waals surface area contributed by atoms with Gasteiger partial charge in [0.15, 0.2) is 0 Å². The Bertz CT molecular complexity index is 758. The molecule has 1 unspecified atom stereocenters. The summed E-state index contributed by atoms with van der Waals surface area (Å²) >= 11 is 0. The molecule has 6 nitrogen and oxygen atoms in total. The predicted octanol–water partition coefficient (Wildman–Crippen LogP) is 1.35. The number of fused-ring (bicyclic) bond motifs is 1. The zero-order valence-corrected chi connectivity index (χ0v) is 11.4. The average molecular weight is 280 g/mol. The number of nitrogens with two attached hydrogens (primary N) is 2. The van der Waals surface area contributed by atoms with Crippen molar-refractivity contribution in [2.45, 2.75) is 12.5 Å². The van der Waals surface area contributed by atoms with Crippen molar-refractivity contribution >= 4 is 16.7 Å².